The van der Waals surface area contributed by atoms with Crippen molar-refractivity contribution in [3.8, 4) is 17.4 Å². The van der Waals surface area contributed by atoms with E-state index in [1.807, 2.05) is 6.92 Å². The highest BCUT2D eigenvalue weighted by Gasteiger charge is 2.14. The van der Waals surface area contributed by atoms with E-state index < -0.39 is 6.67 Å². The van der Waals surface area contributed by atoms with Crippen LogP contribution in [0.15, 0.2) is 41.3 Å². The second kappa shape index (κ2) is 6.51. The molecule has 0 bridgehead atoms. The van der Waals surface area contributed by atoms with E-state index in [1.54, 1.807) is 36.5 Å². The minimum absolute atomic E-state index is 0.000353. The Balaban J connectivity index is 2.08. The van der Waals surface area contributed by atoms with E-state index in [9.17, 15) is 9.18 Å². The van der Waals surface area contributed by atoms with Gasteiger partial charge in [-0.2, -0.15) is 4.98 Å². The summed E-state index contributed by atoms with van der Waals surface area (Å²) in [6.07, 6.45) is 1.66. The lowest BCUT2D eigenvalue weighted by Gasteiger charge is -2.12. The summed E-state index contributed by atoms with van der Waals surface area (Å²) < 4.78 is 24.2. The average Bonchev–Trinajstić information content (AvgIpc) is 3.03. The molecule has 7 heteroatoms. The molecule has 0 unspecified atom stereocenters. The van der Waals surface area contributed by atoms with Crippen LogP contribution in [-0.4, -0.2) is 34.4 Å². The van der Waals surface area contributed by atoms with Gasteiger partial charge in [0.2, 0.25) is 0 Å². The summed E-state index contributed by atoms with van der Waals surface area (Å²) in [5, 5.41) is 0.478. The number of rotatable bonds is 6. The first kappa shape index (κ1) is 15.1. The summed E-state index contributed by atoms with van der Waals surface area (Å²) in [6, 6.07) is 8.65. The molecule has 3 rings (SSSR count). The number of benzene rings is 1. The SMILES string of the molecule is CCOc1nc2[nH]ccc2c(=O)n1-c1ccc(OCCF)cc1. The molecule has 6 nitrogen and oxygen atoms in total. The van der Waals surface area contributed by atoms with E-state index in [1.165, 1.54) is 4.57 Å². The predicted molar refractivity (Wildman–Crippen MR) is 84.3 cm³/mol. The number of fused-ring (bicyclic) bond motifs is 1. The molecule has 0 atom stereocenters. The number of alkyl halides is 1. The zero-order valence-corrected chi connectivity index (χ0v) is 12.6. The highest BCUT2D eigenvalue weighted by atomic mass is 19.1. The highest BCUT2D eigenvalue weighted by molar-refractivity contribution is 5.75. The molecule has 23 heavy (non-hydrogen) atoms. The lowest BCUT2D eigenvalue weighted by atomic mass is 10.3. The van der Waals surface area contributed by atoms with Crippen LogP contribution in [-0.2, 0) is 0 Å². The maximum absolute atomic E-state index is 12.7. The summed E-state index contributed by atoms with van der Waals surface area (Å²) in [5.41, 5.74) is 0.858. The number of nitrogens with one attached hydrogen (secondary N) is 1. The molecule has 0 spiro atoms. The van der Waals surface area contributed by atoms with Gasteiger partial charge in [-0.3, -0.25) is 4.79 Å². The zero-order valence-electron chi connectivity index (χ0n) is 12.6. The molecule has 2 aromatic heterocycles. The van der Waals surface area contributed by atoms with E-state index >= 15 is 0 Å². The van der Waals surface area contributed by atoms with Gasteiger partial charge in [-0.25, -0.2) is 8.96 Å². The van der Waals surface area contributed by atoms with Crippen molar-refractivity contribution in [2.45, 2.75) is 6.92 Å². The van der Waals surface area contributed by atoms with Crippen LogP contribution in [0.4, 0.5) is 4.39 Å². The summed E-state index contributed by atoms with van der Waals surface area (Å²) in [6.45, 7) is 1.66. The Labute approximate surface area is 131 Å². The molecule has 0 fully saturated rings. The van der Waals surface area contributed by atoms with Crippen molar-refractivity contribution in [1.29, 1.82) is 0 Å². The number of nitrogens with zero attached hydrogens (tertiary/aromatic N) is 2. The van der Waals surface area contributed by atoms with Gasteiger partial charge in [0.05, 0.1) is 17.7 Å². The number of aromatic amines is 1. The predicted octanol–water partition coefficient (Wildman–Crippen LogP) is 2.46. The quantitative estimate of drug-likeness (QED) is 0.758. The number of halogens is 1. The molecule has 0 radical (unpaired) electrons. The van der Waals surface area contributed by atoms with E-state index in [2.05, 4.69) is 9.97 Å². The molecular formula is C16H16FN3O3. The largest absolute Gasteiger partial charge is 0.491 e. The van der Waals surface area contributed by atoms with Gasteiger partial charge in [0.15, 0.2) is 0 Å². The van der Waals surface area contributed by atoms with Gasteiger partial charge >= 0.3 is 6.01 Å². The van der Waals surface area contributed by atoms with Gasteiger partial charge in [-0.1, -0.05) is 0 Å². The summed E-state index contributed by atoms with van der Waals surface area (Å²) in [5.74, 6) is 0.535. The molecule has 0 aliphatic carbocycles. The second-order valence-corrected chi connectivity index (χ2v) is 4.74. The van der Waals surface area contributed by atoms with Gasteiger partial charge in [0.1, 0.15) is 24.7 Å². The van der Waals surface area contributed by atoms with Gasteiger partial charge in [0.25, 0.3) is 5.56 Å². The monoisotopic (exact) mass is 317 g/mol. The molecule has 1 aromatic carbocycles. The number of aromatic nitrogens is 3. The van der Waals surface area contributed by atoms with Crippen LogP contribution in [0.2, 0.25) is 0 Å². The maximum Gasteiger partial charge on any atom is 0.305 e. The Hall–Kier alpha value is -2.83. The van der Waals surface area contributed by atoms with Crippen molar-refractivity contribution < 1.29 is 13.9 Å². The third-order valence-corrected chi connectivity index (χ3v) is 3.27. The fourth-order valence-corrected chi connectivity index (χ4v) is 2.28. The van der Waals surface area contributed by atoms with Crippen LogP contribution in [0.5, 0.6) is 11.8 Å². The molecule has 1 N–H and O–H groups in total. The van der Waals surface area contributed by atoms with Crippen molar-refractivity contribution in [1.82, 2.24) is 14.5 Å². The number of hydrogen-bond acceptors (Lipinski definition) is 4. The van der Waals surface area contributed by atoms with Crippen LogP contribution in [0.25, 0.3) is 16.7 Å². The second-order valence-electron chi connectivity index (χ2n) is 4.74. The fraction of sp³-hybridized carbons (Fsp3) is 0.250. The minimum atomic E-state index is -0.552. The Morgan fingerprint density at radius 2 is 2.00 bits per heavy atom. The number of hydrogen-bond donors (Lipinski definition) is 1. The topological polar surface area (TPSA) is 69.1 Å². The Morgan fingerprint density at radius 3 is 2.70 bits per heavy atom. The summed E-state index contributed by atoms with van der Waals surface area (Å²) in [7, 11) is 0. The molecule has 0 saturated heterocycles. The van der Waals surface area contributed by atoms with Crippen LogP contribution >= 0.6 is 0 Å². The van der Waals surface area contributed by atoms with E-state index in [0.717, 1.165) is 0 Å². The average molecular weight is 317 g/mol. The molecule has 0 aliphatic rings. The molecular weight excluding hydrogens is 301 g/mol. The molecule has 3 aromatic rings. The minimum Gasteiger partial charge on any atom is -0.491 e. The number of H-pyrrole nitrogens is 1. The van der Waals surface area contributed by atoms with Crippen molar-refractivity contribution in [3.63, 3.8) is 0 Å². The van der Waals surface area contributed by atoms with Crippen molar-refractivity contribution in [2.75, 3.05) is 19.9 Å². The van der Waals surface area contributed by atoms with E-state index in [-0.39, 0.29) is 18.2 Å². The maximum atomic E-state index is 12.7. The Bertz CT molecular complexity index is 855. The third kappa shape index (κ3) is 2.90. The van der Waals surface area contributed by atoms with Crippen LogP contribution in [0.3, 0.4) is 0 Å². The lowest BCUT2D eigenvalue weighted by molar-refractivity contribution is 0.273. The summed E-state index contributed by atoms with van der Waals surface area (Å²) in [4.78, 5) is 19.9. The molecule has 120 valence electrons. The molecule has 0 aliphatic heterocycles. The number of ether oxygens (including phenoxy) is 2. The standard InChI is InChI=1S/C16H16FN3O3/c1-2-22-16-19-14-13(7-9-18-14)15(21)20(16)11-3-5-12(6-4-11)23-10-8-17/h3-7,9,18H,2,8,10H2,1H3. The molecule has 0 amide bonds. The lowest BCUT2D eigenvalue weighted by Crippen LogP contribution is -2.21. The van der Waals surface area contributed by atoms with Crippen LogP contribution < -0.4 is 15.0 Å². The van der Waals surface area contributed by atoms with Crippen molar-refractivity contribution >= 4 is 11.0 Å². The van der Waals surface area contributed by atoms with Gasteiger partial charge < -0.3 is 14.5 Å². The first-order valence-corrected chi connectivity index (χ1v) is 7.26. The van der Waals surface area contributed by atoms with Gasteiger partial charge in [0, 0.05) is 6.20 Å². The van der Waals surface area contributed by atoms with Crippen molar-refractivity contribution in [3.05, 3.63) is 46.9 Å². The van der Waals surface area contributed by atoms with E-state index in [4.69, 9.17) is 9.47 Å². The van der Waals surface area contributed by atoms with E-state index in [0.29, 0.717) is 29.1 Å². The van der Waals surface area contributed by atoms with Crippen molar-refractivity contribution in [2.24, 2.45) is 0 Å². The fourth-order valence-electron chi connectivity index (χ4n) is 2.28. The Kier molecular flexibility index (Phi) is 4.27. The van der Waals surface area contributed by atoms with Crippen LogP contribution in [0.1, 0.15) is 6.92 Å². The third-order valence-electron chi connectivity index (χ3n) is 3.27. The van der Waals surface area contributed by atoms with Gasteiger partial charge in [-0.05, 0) is 37.3 Å². The normalized spacial score (nSPS) is 10.9. The first-order valence-electron chi connectivity index (χ1n) is 7.26. The molecule has 2 heterocycles. The van der Waals surface area contributed by atoms with Gasteiger partial charge in [-0.15, -0.1) is 0 Å². The van der Waals surface area contributed by atoms with Crippen LogP contribution in [0, 0.1) is 0 Å². The smallest absolute Gasteiger partial charge is 0.305 e. The highest BCUT2D eigenvalue weighted by Crippen LogP contribution is 2.20. The zero-order chi connectivity index (χ0) is 16.2. The first-order chi connectivity index (χ1) is 11.2. The molecule has 0 saturated carbocycles. The summed E-state index contributed by atoms with van der Waals surface area (Å²) >= 11 is 0. The Morgan fingerprint density at radius 1 is 1.22 bits per heavy atom.